The van der Waals surface area contributed by atoms with Crippen molar-refractivity contribution in [1.82, 2.24) is 25.6 Å². The average Bonchev–Trinajstić information content (AvgIpc) is 3.13. The summed E-state index contributed by atoms with van der Waals surface area (Å²) < 4.78 is 6.72. The molecule has 0 bridgehead atoms. The van der Waals surface area contributed by atoms with Crippen LogP contribution in [0.3, 0.4) is 0 Å². The van der Waals surface area contributed by atoms with Crippen LogP contribution in [0, 0.1) is 12.8 Å². The summed E-state index contributed by atoms with van der Waals surface area (Å²) >= 11 is 0. The van der Waals surface area contributed by atoms with Gasteiger partial charge >= 0.3 is 5.97 Å². The molecular weight excluding hydrogens is 394 g/mol. The number of nitrogens with zero attached hydrogens (tertiary/aromatic N) is 3. The molecule has 1 aromatic carbocycles. The highest BCUT2D eigenvalue weighted by Gasteiger charge is 2.30. The smallest absolute Gasteiger partial charge is 0.310 e. The molecule has 1 amide bonds. The van der Waals surface area contributed by atoms with Crippen molar-refractivity contribution in [1.29, 1.82) is 0 Å². The molecule has 1 aliphatic heterocycles. The average molecular weight is 422 g/mol. The normalized spacial score (nSPS) is 16.4. The number of methoxy groups -OCH3 is 1. The molecule has 1 aromatic heterocycles. The van der Waals surface area contributed by atoms with Gasteiger partial charge in [-0.3, -0.25) is 9.59 Å². The second-order valence-corrected chi connectivity index (χ2v) is 7.12. The van der Waals surface area contributed by atoms with E-state index in [1.807, 2.05) is 41.9 Å². The third kappa shape index (κ3) is 5.13. The van der Waals surface area contributed by atoms with E-state index in [1.165, 1.54) is 7.11 Å². The second-order valence-electron chi connectivity index (χ2n) is 7.12. The van der Waals surface area contributed by atoms with Crippen LogP contribution in [0.5, 0.6) is 0 Å². The van der Waals surface area contributed by atoms with Crippen molar-refractivity contribution < 1.29 is 14.3 Å². The van der Waals surface area contributed by atoms with E-state index in [0.717, 1.165) is 37.2 Å². The number of piperidine rings is 1. The molecule has 0 radical (unpaired) electrons. The van der Waals surface area contributed by atoms with E-state index in [-0.39, 0.29) is 36.0 Å². The molecule has 1 fully saturated rings. The van der Waals surface area contributed by atoms with Crippen molar-refractivity contribution in [3.8, 4) is 0 Å². The predicted molar refractivity (Wildman–Crippen MR) is 111 cm³/mol. The minimum Gasteiger partial charge on any atom is -0.469 e. The van der Waals surface area contributed by atoms with Crippen molar-refractivity contribution in [3.05, 3.63) is 47.3 Å². The first-order chi connectivity index (χ1) is 13.5. The Morgan fingerprint density at radius 3 is 2.52 bits per heavy atom. The Hall–Kier alpha value is -2.45. The summed E-state index contributed by atoms with van der Waals surface area (Å²) in [5.74, 6) is -1.28. The van der Waals surface area contributed by atoms with Gasteiger partial charge in [-0.05, 0) is 45.3 Å². The number of esters is 1. The fraction of sp³-hybridized carbons (Fsp3) is 0.500. The van der Waals surface area contributed by atoms with Gasteiger partial charge in [0.1, 0.15) is 0 Å². The summed E-state index contributed by atoms with van der Waals surface area (Å²) in [6, 6.07) is 9.11. The zero-order chi connectivity index (χ0) is 20.1. The summed E-state index contributed by atoms with van der Waals surface area (Å²) in [5.41, 5.74) is 1.86. The number of ether oxygens (including phenoxy) is 1. The lowest BCUT2D eigenvalue weighted by Crippen LogP contribution is -2.36. The standard InChI is InChI=1S/C20H27N5O3.ClH/c1-13(20(27)28-3)17(15-7-5-4-6-8-15)22-19(26)18-14(2)25(24-23-18)16-9-11-21-12-10-16;/h4-8,13,16-17,21H,9-12H2,1-3H3,(H,22,26);1H. The number of carbonyl (C=O) groups is 2. The van der Waals surface area contributed by atoms with Crippen LogP contribution in [0.2, 0.25) is 0 Å². The fourth-order valence-corrected chi connectivity index (χ4v) is 3.64. The fourth-order valence-electron chi connectivity index (χ4n) is 3.64. The zero-order valence-corrected chi connectivity index (χ0v) is 17.7. The topological polar surface area (TPSA) is 98.1 Å². The number of nitrogens with one attached hydrogen (secondary N) is 2. The number of hydrogen-bond donors (Lipinski definition) is 2. The van der Waals surface area contributed by atoms with Crippen molar-refractivity contribution >= 4 is 24.3 Å². The van der Waals surface area contributed by atoms with E-state index in [2.05, 4.69) is 20.9 Å². The quantitative estimate of drug-likeness (QED) is 0.694. The Morgan fingerprint density at radius 2 is 1.90 bits per heavy atom. The lowest BCUT2D eigenvalue weighted by atomic mass is 9.94. The highest BCUT2D eigenvalue weighted by atomic mass is 35.5. The lowest BCUT2D eigenvalue weighted by Gasteiger charge is -2.24. The molecule has 29 heavy (non-hydrogen) atoms. The summed E-state index contributed by atoms with van der Waals surface area (Å²) in [5, 5.41) is 14.6. The third-order valence-corrected chi connectivity index (χ3v) is 5.32. The van der Waals surface area contributed by atoms with Gasteiger partial charge in [0.05, 0.1) is 30.8 Å². The molecule has 0 spiro atoms. The molecule has 8 nitrogen and oxygen atoms in total. The maximum absolute atomic E-state index is 13.0. The van der Waals surface area contributed by atoms with Gasteiger partial charge in [0.2, 0.25) is 0 Å². The second kappa shape index (κ2) is 10.4. The number of carbonyl (C=O) groups excluding carboxylic acids is 2. The van der Waals surface area contributed by atoms with Crippen LogP contribution in [-0.2, 0) is 9.53 Å². The number of amides is 1. The molecule has 2 aromatic rings. The summed E-state index contributed by atoms with van der Waals surface area (Å²) in [6.07, 6.45) is 1.91. The summed E-state index contributed by atoms with van der Waals surface area (Å²) in [4.78, 5) is 25.1. The molecule has 2 heterocycles. The number of benzene rings is 1. The molecule has 158 valence electrons. The van der Waals surface area contributed by atoms with Gasteiger partial charge in [0.25, 0.3) is 5.91 Å². The highest BCUT2D eigenvalue weighted by molar-refractivity contribution is 5.93. The van der Waals surface area contributed by atoms with Crippen LogP contribution in [0.15, 0.2) is 30.3 Å². The molecule has 0 saturated carbocycles. The first kappa shape index (κ1) is 22.8. The van der Waals surface area contributed by atoms with E-state index < -0.39 is 12.0 Å². The van der Waals surface area contributed by atoms with Crippen molar-refractivity contribution in [2.24, 2.45) is 5.92 Å². The van der Waals surface area contributed by atoms with Gasteiger partial charge in [-0.15, -0.1) is 17.5 Å². The summed E-state index contributed by atoms with van der Waals surface area (Å²) in [7, 11) is 1.34. The largest absolute Gasteiger partial charge is 0.469 e. The SMILES string of the molecule is COC(=O)C(C)C(NC(=O)c1nnn(C2CCNCC2)c1C)c1ccccc1.Cl. The molecule has 2 atom stereocenters. The Balaban J connectivity index is 0.00000300. The number of hydrogen-bond acceptors (Lipinski definition) is 6. The molecular formula is C20H28ClN5O3. The Kier molecular flexibility index (Phi) is 8.16. The van der Waals surface area contributed by atoms with Crippen molar-refractivity contribution in [2.45, 2.75) is 38.8 Å². The predicted octanol–water partition coefficient (Wildman–Crippen LogP) is 2.21. The van der Waals surface area contributed by atoms with Crippen LogP contribution in [0.1, 0.15) is 53.6 Å². The first-order valence-corrected chi connectivity index (χ1v) is 9.59. The van der Waals surface area contributed by atoms with Crippen LogP contribution in [-0.4, -0.2) is 47.1 Å². The van der Waals surface area contributed by atoms with Gasteiger partial charge in [0.15, 0.2) is 5.69 Å². The summed E-state index contributed by atoms with van der Waals surface area (Å²) in [6.45, 7) is 5.46. The molecule has 3 rings (SSSR count). The van der Waals surface area contributed by atoms with E-state index in [0.29, 0.717) is 0 Å². The molecule has 1 saturated heterocycles. The van der Waals surface area contributed by atoms with Crippen molar-refractivity contribution in [2.75, 3.05) is 20.2 Å². The number of halogens is 1. The zero-order valence-electron chi connectivity index (χ0n) is 16.9. The monoisotopic (exact) mass is 421 g/mol. The van der Waals surface area contributed by atoms with Crippen LogP contribution >= 0.6 is 12.4 Å². The van der Waals surface area contributed by atoms with Gasteiger partial charge in [-0.1, -0.05) is 35.5 Å². The maximum atomic E-state index is 13.0. The molecule has 2 N–H and O–H groups in total. The number of rotatable bonds is 6. The van der Waals surface area contributed by atoms with E-state index >= 15 is 0 Å². The molecule has 1 aliphatic rings. The van der Waals surface area contributed by atoms with Gasteiger partial charge in [-0.25, -0.2) is 4.68 Å². The minimum absolute atomic E-state index is 0. The Bertz CT molecular complexity index is 821. The molecule has 0 aliphatic carbocycles. The minimum atomic E-state index is -0.545. The number of aromatic nitrogens is 3. The van der Waals surface area contributed by atoms with Crippen LogP contribution in [0.4, 0.5) is 0 Å². The highest BCUT2D eigenvalue weighted by Crippen LogP contribution is 2.25. The molecule has 9 heteroatoms. The van der Waals surface area contributed by atoms with E-state index in [4.69, 9.17) is 4.74 Å². The lowest BCUT2D eigenvalue weighted by molar-refractivity contribution is -0.145. The van der Waals surface area contributed by atoms with Crippen LogP contribution in [0.25, 0.3) is 0 Å². The van der Waals surface area contributed by atoms with Gasteiger partial charge in [0, 0.05) is 0 Å². The van der Waals surface area contributed by atoms with E-state index in [1.54, 1.807) is 6.92 Å². The van der Waals surface area contributed by atoms with Crippen molar-refractivity contribution in [3.63, 3.8) is 0 Å². The van der Waals surface area contributed by atoms with Crippen LogP contribution < -0.4 is 10.6 Å². The Labute approximate surface area is 176 Å². The Morgan fingerprint density at radius 1 is 1.24 bits per heavy atom. The van der Waals surface area contributed by atoms with Gasteiger partial charge in [-0.2, -0.15) is 0 Å². The first-order valence-electron chi connectivity index (χ1n) is 9.59. The molecule has 2 unspecified atom stereocenters. The maximum Gasteiger partial charge on any atom is 0.310 e. The van der Waals surface area contributed by atoms with Gasteiger partial charge < -0.3 is 15.4 Å². The third-order valence-electron chi connectivity index (χ3n) is 5.32. The van der Waals surface area contributed by atoms with E-state index in [9.17, 15) is 9.59 Å².